The molecule has 0 aliphatic rings. The Kier molecular flexibility index (Phi) is 18.4. The normalized spacial score (nSPS) is 9.86. The highest BCUT2D eigenvalue weighted by molar-refractivity contribution is 4.30. The van der Waals surface area contributed by atoms with Crippen molar-refractivity contribution in [3.05, 3.63) is 0 Å². The van der Waals surface area contributed by atoms with Crippen LogP contribution in [0.3, 0.4) is 0 Å². The second-order valence-corrected chi connectivity index (χ2v) is 3.89. The molecule has 0 aromatic heterocycles. The van der Waals surface area contributed by atoms with E-state index in [-0.39, 0.29) is 32.2 Å². The van der Waals surface area contributed by atoms with Gasteiger partial charge in [-0.05, 0) is 12.8 Å². The Balaban J connectivity index is -0.000000163. The average molecular weight is 230 g/mol. The Bertz CT molecular complexity index is 92.5. The molecule has 0 saturated heterocycles. The van der Waals surface area contributed by atoms with Crippen LogP contribution in [-0.4, -0.2) is 67.3 Å². The number of likely N-dealkylation sites (N-methyl/N-ethyl adjacent to an activating group) is 1. The molecule has 0 aromatic carbocycles. The van der Waals surface area contributed by atoms with E-state index in [9.17, 15) is 0 Å². The van der Waals surface area contributed by atoms with Gasteiger partial charge in [-0.1, -0.05) is 0 Å². The summed E-state index contributed by atoms with van der Waals surface area (Å²) >= 11 is 0. The molecule has 0 fully saturated rings. The Morgan fingerprint density at radius 2 is 1.14 bits per heavy atom. The van der Waals surface area contributed by atoms with Gasteiger partial charge in [0.1, 0.15) is 6.54 Å². The standard InChI is InChI=1S/C5H14NO.C4H10O2.ClH/c1-6(2,3)4-5-7;5-3-1-2-4-6;/h7H,4-5H2,1-3H3;5-6H,1-4H2;1H/q+1;;/p-1. The number of hydrogen-bond donors (Lipinski definition) is 3. The van der Waals surface area contributed by atoms with Crippen LogP contribution < -0.4 is 12.4 Å². The Hall–Kier alpha value is 0.130. The van der Waals surface area contributed by atoms with Crippen LogP contribution in [0.4, 0.5) is 0 Å². The first-order chi connectivity index (χ1) is 5.97. The third-order valence-electron chi connectivity index (χ3n) is 1.34. The first-order valence-corrected chi connectivity index (χ1v) is 4.61. The summed E-state index contributed by atoms with van der Waals surface area (Å²) in [5, 5.41) is 24.6. The predicted octanol–water partition coefficient (Wildman–Crippen LogP) is -3.56. The van der Waals surface area contributed by atoms with Gasteiger partial charge >= 0.3 is 0 Å². The fourth-order valence-corrected chi connectivity index (χ4v) is 0.524. The monoisotopic (exact) mass is 229 g/mol. The van der Waals surface area contributed by atoms with E-state index >= 15 is 0 Å². The van der Waals surface area contributed by atoms with Crippen LogP contribution in [0, 0.1) is 0 Å². The number of quaternary nitrogens is 1. The number of unbranched alkanes of at least 4 members (excludes halogenated alkanes) is 1. The number of hydrogen-bond acceptors (Lipinski definition) is 3. The number of aliphatic hydroxyl groups is 3. The molecule has 0 spiro atoms. The van der Waals surface area contributed by atoms with E-state index in [2.05, 4.69) is 21.1 Å². The largest absolute Gasteiger partial charge is 1.00 e. The molecule has 5 heteroatoms. The lowest BCUT2D eigenvalue weighted by molar-refractivity contribution is -0.870. The van der Waals surface area contributed by atoms with Crippen LogP contribution in [0.5, 0.6) is 0 Å². The van der Waals surface area contributed by atoms with Gasteiger partial charge in [0.05, 0.1) is 27.7 Å². The molecule has 0 radical (unpaired) electrons. The molecule has 0 saturated carbocycles. The molecular formula is C9H24ClNO3. The van der Waals surface area contributed by atoms with Crippen molar-refractivity contribution in [2.24, 2.45) is 0 Å². The number of halogens is 1. The molecule has 0 rings (SSSR count). The minimum absolute atomic E-state index is 0. The van der Waals surface area contributed by atoms with Crippen LogP contribution in [0.1, 0.15) is 12.8 Å². The van der Waals surface area contributed by atoms with Gasteiger partial charge in [0.15, 0.2) is 0 Å². The van der Waals surface area contributed by atoms with E-state index in [1.165, 1.54) is 0 Å². The fourth-order valence-electron chi connectivity index (χ4n) is 0.524. The highest BCUT2D eigenvalue weighted by Gasteiger charge is 2.02. The lowest BCUT2D eigenvalue weighted by Gasteiger charge is -2.21. The minimum atomic E-state index is 0. The Labute approximate surface area is 93.2 Å². The van der Waals surface area contributed by atoms with E-state index in [0.29, 0.717) is 0 Å². The SMILES string of the molecule is C[N+](C)(C)CCO.OCCCCO.[Cl-]. The molecule has 0 aliphatic carbocycles. The lowest BCUT2D eigenvalue weighted by Crippen LogP contribution is -3.00. The van der Waals surface area contributed by atoms with Crippen molar-refractivity contribution in [1.29, 1.82) is 0 Å². The minimum Gasteiger partial charge on any atom is -1.00 e. The van der Waals surface area contributed by atoms with E-state index in [1.54, 1.807) is 0 Å². The summed E-state index contributed by atoms with van der Waals surface area (Å²) in [6.07, 6.45) is 1.44. The van der Waals surface area contributed by atoms with Gasteiger partial charge in [-0.15, -0.1) is 0 Å². The van der Waals surface area contributed by atoms with Gasteiger partial charge < -0.3 is 32.2 Å². The van der Waals surface area contributed by atoms with Gasteiger partial charge in [-0.2, -0.15) is 0 Å². The van der Waals surface area contributed by atoms with Crippen LogP contribution in [0.2, 0.25) is 0 Å². The van der Waals surface area contributed by atoms with E-state index < -0.39 is 0 Å². The molecule has 3 N–H and O–H groups in total. The molecule has 0 heterocycles. The molecule has 4 nitrogen and oxygen atoms in total. The number of nitrogens with zero attached hydrogens (tertiary/aromatic N) is 1. The van der Waals surface area contributed by atoms with Crippen LogP contribution in [0.15, 0.2) is 0 Å². The van der Waals surface area contributed by atoms with Crippen molar-refractivity contribution in [2.45, 2.75) is 12.8 Å². The third kappa shape index (κ3) is 29.6. The summed E-state index contributed by atoms with van der Waals surface area (Å²) in [4.78, 5) is 0. The molecule has 0 aliphatic heterocycles. The molecule has 0 unspecified atom stereocenters. The summed E-state index contributed by atoms with van der Waals surface area (Å²) < 4.78 is 0.844. The summed E-state index contributed by atoms with van der Waals surface area (Å²) in [5.74, 6) is 0. The maximum absolute atomic E-state index is 8.39. The van der Waals surface area contributed by atoms with Crippen molar-refractivity contribution in [1.82, 2.24) is 0 Å². The summed E-state index contributed by atoms with van der Waals surface area (Å²) in [5.41, 5.74) is 0. The Morgan fingerprint density at radius 3 is 1.21 bits per heavy atom. The maximum Gasteiger partial charge on any atom is 0.101 e. The first kappa shape index (κ1) is 19.7. The van der Waals surface area contributed by atoms with Gasteiger partial charge in [-0.3, -0.25) is 0 Å². The number of rotatable bonds is 5. The van der Waals surface area contributed by atoms with Crippen molar-refractivity contribution < 1.29 is 32.2 Å². The van der Waals surface area contributed by atoms with Crippen LogP contribution in [0.25, 0.3) is 0 Å². The maximum atomic E-state index is 8.39. The van der Waals surface area contributed by atoms with Crippen LogP contribution >= 0.6 is 0 Å². The van der Waals surface area contributed by atoms with Gasteiger partial charge in [0, 0.05) is 13.2 Å². The average Bonchev–Trinajstić information content (AvgIpc) is 1.99. The Morgan fingerprint density at radius 1 is 0.786 bits per heavy atom. The predicted molar refractivity (Wildman–Crippen MR) is 53.4 cm³/mol. The van der Waals surface area contributed by atoms with Gasteiger partial charge in [0.25, 0.3) is 0 Å². The quantitative estimate of drug-likeness (QED) is 0.338. The second kappa shape index (κ2) is 13.1. The topological polar surface area (TPSA) is 60.7 Å². The zero-order valence-corrected chi connectivity index (χ0v) is 10.2. The highest BCUT2D eigenvalue weighted by atomic mass is 35.5. The van der Waals surface area contributed by atoms with Gasteiger partial charge in [0.2, 0.25) is 0 Å². The van der Waals surface area contributed by atoms with Crippen molar-refractivity contribution in [3.63, 3.8) is 0 Å². The molecule has 90 valence electrons. The summed E-state index contributed by atoms with van der Waals surface area (Å²) in [6.45, 7) is 1.50. The van der Waals surface area contributed by atoms with E-state index in [0.717, 1.165) is 23.9 Å². The number of aliphatic hydroxyl groups excluding tert-OH is 3. The van der Waals surface area contributed by atoms with Crippen molar-refractivity contribution >= 4 is 0 Å². The highest BCUT2D eigenvalue weighted by Crippen LogP contribution is 1.84. The molecule has 0 bridgehead atoms. The molecule has 0 aromatic rings. The third-order valence-corrected chi connectivity index (χ3v) is 1.34. The second-order valence-electron chi connectivity index (χ2n) is 3.89. The smallest absolute Gasteiger partial charge is 0.101 e. The fraction of sp³-hybridized carbons (Fsp3) is 1.00. The molecule has 0 atom stereocenters. The van der Waals surface area contributed by atoms with Crippen LogP contribution in [-0.2, 0) is 0 Å². The molecule has 14 heavy (non-hydrogen) atoms. The summed E-state index contributed by atoms with van der Waals surface area (Å²) in [6, 6.07) is 0. The van der Waals surface area contributed by atoms with E-state index in [1.807, 2.05) is 0 Å². The van der Waals surface area contributed by atoms with Gasteiger partial charge in [-0.25, -0.2) is 0 Å². The van der Waals surface area contributed by atoms with E-state index in [4.69, 9.17) is 15.3 Å². The lowest BCUT2D eigenvalue weighted by atomic mass is 10.3. The van der Waals surface area contributed by atoms with Crippen molar-refractivity contribution in [3.8, 4) is 0 Å². The first-order valence-electron chi connectivity index (χ1n) is 4.61. The zero-order valence-electron chi connectivity index (χ0n) is 9.41. The van der Waals surface area contributed by atoms with Crippen molar-refractivity contribution in [2.75, 3.05) is 47.5 Å². The summed E-state index contributed by atoms with van der Waals surface area (Å²) in [7, 11) is 6.16. The molecular weight excluding hydrogens is 206 g/mol. The molecule has 0 amide bonds. The zero-order chi connectivity index (χ0) is 10.7.